The van der Waals surface area contributed by atoms with Crippen molar-refractivity contribution in [1.29, 1.82) is 0 Å². The molecule has 0 amide bonds. The number of rotatable bonds is 4. The minimum atomic E-state index is -0.219. The molecule has 1 aliphatic rings. The van der Waals surface area contributed by atoms with Crippen molar-refractivity contribution in [3.8, 4) is 0 Å². The Bertz CT molecular complexity index is 243. The fourth-order valence-electron chi connectivity index (χ4n) is 2.09. The van der Waals surface area contributed by atoms with Crippen molar-refractivity contribution < 1.29 is 9.90 Å². The topological polar surface area (TPSA) is 40.5 Å². The molecule has 0 aromatic heterocycles. The van der Waals surface area contributed by atoms with E-state index in [1.165, 1.54) is 0 Å². The van der Waals surface area contributed by atoms with Gasteiger partial charge in [0.1, 0.15) is 5.78 Å². The first-order valence-corrected chi connectivity index (χ1v) is 6.24. The van der Waals surface area contributed by atoms with Crippen LogP contribution in [0.25, 0.3) is 0 Å². The molecule has 0 bridgehead atoms. The van der Waals surface area contributed by atoms with Crippen LogP contribution in [0.3, 0.4) is 0 Å². The molecule has 1 saturated heterocycles. The van der Waals surface area contributed by atoms with E-state index in [1.807, 2.05) is 27.7 Å². The highest BCUT2D eigenvalue weighted by atomic mass is 16.3. The lowest BCUT2D eigenvalue weighted by Crippen LogP contribution is -2.29. The summed E-state index contributed by atoms with van der Waals surface area (Å²) in [4.78, 5) is 14.1. The monoisotopic (exact) mass is 227 g/mol. The van der Waals surface area contributed by atoms with E-state index in [0.717, 1.165) is 26.1 Å². The highest BCUT2D eigenvalue weighted by molar-refractivity contribution is 5.83. The van der Waals surface area contributed by atoms with E-state index in [0.29, 0.717) is 18.1 Å². The molecule has 0 aromatic carbocycles. The Balaban J connectivity index is 2.28. The largest absolute Gasteiger partial charge is 0.393 e. The summed E-state index contributed by atoms with van der Waals surface area (Å²) in [5.74, 6) is 0.720. The van der Waals surface area contributed by atoms with Gasteiger partial charge in [0.2, 0.25) is 0 Å². The molecule has 1 rings (SSSR count). The van der Waals surface area contributed by atoms with Crippen LogP contribution in [0.5, 0.6) is 0 Å². The van der Waals surface area contributed by atoms with Gasteiger partial charge in [0, 0.05) is 24.9 Å². The van der Waals surface area contributed by atoms with Crippen molar-refractivity contribution in [1.82, 2.24) is 4.90 Å². The second-order valence-corrected chi connectivity index (χ2v) is 6.01. The zero-order valence-corrected chi connectivity index (χ0v) is 11.0. The Morgan fingerprint density at radius 3 is 2.56 bits per heavy atom. The predicted octanol–water partition coefficient (Wildman–Crippen LogP) is 1.69. The van der Waals surface area contributed by atoms with Crippen LogP contribution in [0.15, 0.2) is 0 Å². The Morgan fingerprint density at radius 1 is 1.50 bits per heavy atom. The molecule has 2 atom stereocenters. The van der Waals surface area contributed by atoms with Gasteiger partial charge in [0.25, 0.3) is 0 Å². The summed E-state index contributed by atoms with van der Waals surface area (Å²) >= 11 is 0. The second-order valence-electron chi connectivity index (χ2n) is 6.01. The van der Waals surface area contributed by atoms with Gasteiger partial charge in [0.05, 0.1) is 6.10 Å². The number of aliphatic hydroxyl groups excluding tert-OH is 1. The normalized spacial score (nSPS) is 24.7. The SMILES string of the molecule is CC(O)C1CCN(CCC(=O)C(C)(C)C)C1. The van der Waals surface area contributed by atoms with E-state index in [9.17, 15) is 9.90 Å². The van der Waals surface area contributed by atoms with Gasteiger partial charge < -0.3 is 10.0 Å². The van der Waals surface area contributed by atoms with Gasteiger partial charge in [-0.2, -0.15) is 0 Å². The number of ketones is 1. The Hall–Kier alpha value is -0.410. The smallest absolute Gasteiger partial charge is 0.139 e. The zero-order valence-electron chi connectivity index (χ0n) is 11.0. The van der Waals surface area contributed by atoms with Gasteiger partial charge in [-0.25, -0.2) is 0 Å². The average Bonchev–Trinajstić information content (AvgIpc) is 2.60. The van der Waals surface area contributed by atoms with Crippen LogP contribution in [0.2, 0.25) is 0 Å². The molecule has 16 heavy (non-hydrogen) atoms. The maximum atomic E-state index is 11.8. The van der Waals surface area contributed by atoms with Crippen LogP contribution in [0.4, 0.5) is 0 Å². The summed E-state index contributed by atoms with van der Waals surface area (Å²) in [5.41, 5.74) is -0.219. The van der Waals surface area contributed by atoms with Crippen molar-refractivity contribution in [2.45, 2.75) is 46.6 Å². The molecule has 1 N–H and O–H groups in total. The molecule has 1 fully saturated rings. The standard InChI is InChI=1S/C13H25NO2/c1-10(15)11-5-7-14(9-11)8-6-12(16)13(2,3)4/h10-11,15H,5-9H2,1-4H3. The van der Waals surface area contributed by atoms with Crippen molar-refractivity contribution in [2.75, 3.05) is 19.6 Å². The van der Waals surface area contributed by atoms with E-state index < -0.39 is 0 Å². The van der Waals surface area contributed by atoms with Gasteiger partial charge in [0.15, 0.2) is 0 Å². The Labute approximate surface area is 98.8 Å². The number of aliphatic hydroxyl groups is 1. The predicted molar refractivity (Wildman–Crippen MR) is 65.3 cm³/mol. The number of carbonyl (C=O) groups is 1. The minimum Gasteiger partial charge on any atom is -0.393 e. The lowest BCUT2D eigenvalue weighted by Gasteiger charge is -2.20. The first-order chi connectivity index (χ1) is 7.30. The summed E-state index contributed by atoms with van der Waals surface area (Å²) in [6.45, 7) is 10.6. The van der Waals surface area contributed by atoms with Crippen LogP contribution in [0, 0.1) is 11.3 Å². The summed E-state index contributed by atoms with van der Waals surface area (Å²) < 4.78 is 0. The number of hydrogen-bond donors (Lipinski definition) is 1. The Kier molecular flexibility index (Phi) is 4.51. The van der Waals surface area contributed by atoms with E-state index in [2.05, 4.69) is 4.90 Å². The molecule has 0 radical (unpaired) electrons. The first kappa shape index (κ1) is 13.7. The summed E-state index contributed by atoms with van der Waals surface area (Å²) in [7, 11) is 0. The number of carbonyl (C=O) groups excluding carboxylic acids is 1. The first-order valence-electron chi connectivity index (χ1n) is 6.24. The van der Waals surface area contributed by atoms with Gasteiger partial charge in [-0.1, -0.05) is 20.8 Å². The zero-order chi connectivity index (χ0) is 12.3. The van der Waals surface area contributed by atoms with Crippen molar-refractivity contribution in [3.63, 3.8) is 0 Å². The van der Waals surface area contributed by atoms with Crippen LogP contribution in [-0.4, -0.2) is 41.5 Å². The molecule has 1 aliphatic heterocycles. The van der Waals surface area contributed by atoms with E-state index in [-0.39, 0.29) is 11.5 Å². The van der Waals surface area contributed by atoms with Gasteiger partial charge in [-0.3, -0.25) is 4.79 Å². The molecule has 0 aromatic rings. The third-order valence-electron chi connectivity index (χ3n) is 3.48. The molecule has 0 spiro atoms. The van der Waals surface area contributed by atoms with Gasteiger partial charge in [-0.05, 0) is 25.8 Å². The highest BCUT2D eigenvalue weighted by Crippen LogP contribution is 2.21. The maximum Gasteiger partial charge on any atom is 0.139 e. The van der Waals surface area contributed by atoms with Crippen LogP contribution < -0.4 is 0 Å². The fourth-order valence-corrected chi connectivity index (χ4v) is 2.09. The molecule has 2 unspecified atom stereocenters. The minimum absolute atomic E-state index is 0.219. The third kappa shape index (κ3) is 3.87. The van der Waals surface area contributed by atoms with E-state index in [4.69, 9.17) is 0 Å². The average molecular weight is 227 g/mol. The maximum absolute atomic E-state index is 11.8. The number of hydrogen-bond acceptors (Lipinski definition) is 3. The molecule has 3 heteroatoms. The van der Waals surface area contributed by atoms with E-state index >= 15 is 0 Å². The molecular formula is C13H25NO2. The Morgan fingerprint density at radius 2 is 2.12 bits per heavy atom. The van der Waals surface area contributed by atoms with Crippen LogP contribution in [0.1, 0.15) is 40.5 Å². The quantitative estimate of drug-likeness (QED) is 0.794. The molecule has 3 nitrogen and oxygen atoms in total. The van der Waals surface area contributed by atoms with Crippen molar-refractivity contribution >= 4 is 5.78 Å². The molecule has 0 aliphatic carbocycles. The molecular weight excluding hydrogens is 202 g/mol. The van der Waals surface area contributed by atoms with Gasteiger partial charge >= 0.3 is 0 Å². The number of Topliss-reactive ketones (excluding diaryl/α,β-unsaturated/α-hetero) is 1. The van der Waals surface area contributed by atoms with E-state index in [1.54, 1.807) is 0 Å². The third-order valence-corrected chi connectivity index (χ3v) is 3.48. The summed E-state index contributed by atoms with van der Waals surface area (Å²) in [6, 6.07) is 0. The highest BCUT2D eigenvalue weighted by Gasteiger charge is 2.27. The summed E-state index contributed by atoms with van der Waals surface area (Å²) in [5, 5.41) is 9.48. The molecule has 1 heterocycles. The van der Waals surface area contributed by atoms with Crippen molar-refractivity contribution in [3.05, 3.63) is 0 Å². The van der Waals surface area contributed by atoms with Crippen LogP contribution in [-0.2, 0) is 4.79 Å². The fraction of sp³-hybridized carbons (Fsp3) is 0.923. The lowest BCUT2D eigenvalue weighted by molar-refractivity contribution is -0.126. The van der Waals surface area contributed by atoms with Gasteiger partial charge in [-0.15, -0.1) is 0 Å². The molecule has 0 saturated carbocycles. The molecule has 94 valence electrons. The summed E-state index contributed by atoms with van der Waals surface area (Å²) in [6.07, 6.45) is 1.47. The van der Waals surface area contributed by atoms with Crippen LogP contribution >= 0.6 is 0 Å². The number of nitrogens with zero attached hydrogens (tertiary/aromatic N) is 1. The number of likely N-dealkylation sites (tertiary alicyclic amines) is 1. The lowest BCUT2D eigenvalue weighted by atomic mass is 9.89. The van der Waals surface area contributed by atoms with Crippen molar-refractivity contribution in [2.24, 2.45) is 11.3 Å². The second kappa shape index (κ2) is 5.28.